The number of nitrogens with zero attached hydrogens (tertiary/aromatic N) is 1. The van der Waals surface area contributed by atoms with Gasteiger partial charge in [-0.15, -0.1) is 11.3 Å². The highest BCUT2D eigenvalue weighted by Crippen LogP contribution is 2.12. The maximum Gasteiger partial charge on any atom is 0.0795 e. The van der Waals surface area contributed by atoms with Crippen molar-refractivity contribution in [3.8, 4) is 0 Å². The third kappa shape index (κ3) is 5.87. The fraction of sp³-hybridized carbons (Fsp3) is 0.750. The lowest BCUT2D eigenvalue weighted by Crippen LogP contribution is -2.20. The van der Waals surface area contributed by atoms with Crippen LogP contribution in [0, 0.1) is 0 Å². The number of thioether (sulfide) groups is 1. The van der Waals surface area contributed by atoms with Gasteiger partial charge in [-0.2, -0.15) is 11.8 Å². The van der Waals surface area contributed by atoms with Crippen molar-refractivity contribution in [3.63, 3.8) is 0 Å². The number of unbranched alkanes of at least 4 members (excludes halogenated alkanes) is 3. The van der Waals surface area contributed by atoms with E-state index in [1.165, 1.54) is 37.1 Å². The molecular weight excluding hydrogens is 236 g/mol. The molecule has 2 nitrogen and oxygen atoms in total. The van der Waals surface area contributed by atoms with Crippen LogP contribution in [0.5, 0.6) is 0 Å². The number of hydrogen-bond acceptors (Lipinski definition) is 4. The number of aromatic nitrogens is 1. The Bertz CT molecular complexity index is 250. The minimum atomic E-state index is 0.400. The van der Waals surface area contributed by atoms with Crippen molar-refractivity contribution in [2.24, 2.45) is 0 Å². The first-order chi connectivity index (χ1) is 7.84. The first-order valence-electron chi connectivity index (χ1n) is 5.95. The molecule has 1 N–H and O–H groups in total. The molecule has 0 spiro atoms. The normalized spacial score (nSPS) is 12.9. The fourth-order valence-corrected chi connectivity index (χ4v) is 2.72. The Morgan fingerprint density at radius 3 is 2.88 bits per heavy atom. The lowest BCUT2D eigenvalue weighted by atomic mass is 10.2. The molecule has 4 heteroatoms. The molecule has 0 radical (unpaired) electrons. The van der Waals surface area contributed by atoms with Gasteiger partial charge in [0, 0.05) is 11.4 Å². The monoisotopic (exact) mass is 258 g/mol. The Labute approximate surface area is 107 Å². The molecule has 0 aliphatic carbocycles. The Morgan fingerprint density at radius 1 is 1.38 bits per heavy atom. The molecule has 0 aliphatic heterocycles. The molecular formula is C12H22N2S2. The van der Waals surface area contributed by atoms with Crippen LogP contribution in [0.3, 0.4) is 0 Å². The Hall–Kier alpha value is -0.0600. The van der Waals surface area contributed by atoms with Gasteiger partial charge in [0.2, 0.25) is 0 Å². The lowest BCUT2D eigenvalue weighted by molar-refractivity contribution is 0.530. The number of rotatable bonds is 9. The van der Waals surface area contributed by atoms with Crippen LogP contribution in [0.25, 0.3) is 0 Å². The second-order valence-corrected chi connectivity index (χ2v) is 5.70. The van der Waals surface area contributed by atoms with E-state index in [0.29, 0.717) is 6.04 Å². The van der Waals surface area contributed by atoms with Crippen molar-refractivity contribution < 1.29 is 0 Å². The van der Waals surface area contributed by atoms with Gasteiger partial charge in [-0.1, -0.05) is 12.8 Å². The van der Waals surface area contributed by atoms with E-state index in [-0.39, 0.29) is 0 Å². The molecule has 1 atom stereocenters. The summed E-state index contributed by atoms with van der Waals surface area (Å²) >= 11 is 3.61. The standard InChI is InChI=1S/C12H22N2S2/c1-11(12-9-16-10-14-12)13-7-5-3-4-6-8-15-2/h9-11,13H,3-8H2,1-2H3. The number of hydrogen-bond donors (Lipinski definition) is 1. The summed E-state index contributed by atoms with van der Waals surface area (Å²) < 4.78 is 0. The van der Waals surface area contributed by atoms with Crippen molar-refractivity contribution in [1.82, 2.24) is 10.3 Å². The van der Waals surface area contributed by atoms with Crippen molar-refractivity contribution in [2.45, 2.75) is 38.6 Å². The first kappa shape index (κ1) is 14.0. The van der Waals surface area contributed by atoms with Crippen LogP contribution in [0.15, 0.2) is 10.9 Å². The summed E-state index contributed by atoms with van der Waals surface area (Å²) in [4.78, 5) is 4.31. The van der Waals surface area contributed by atoms with E-state index in [2.05, 4.69) is 28.9 Å². The molecule has 0 amide bonds. The summed E-state index contributed by atoms with van der Waals surface area (Å²) in [5.74, 6) is 1.31. The maximum atomic E-state index is 4.31. The van der Waals surface area contributed by atoms with Crippen molar-refractivity contribution >= 4 is 23.1 Å². The van der Waals surface area contributed by atoms with E-state index < -0.39 is 0 Å². The highest BCUT2D eigenvalue weighted by atomic mass is 32.2. The van der Waals surface area contributed by atoms with Gasteiger partial charge in [-0.05, 0) is 38.3 Å². The zero-order chi connectivity index (χ0) is 11.6. The lowest BCUT2D eigenvalue weighted by Gasteiger charge is -2.10. The van der Waals surface area contributed by atoms with E-state index in [1.54, 1.807) is 11.3 Å². The van der Waals surface area contributed by atoms with Gasteiger partial charge in [0.1, 0.15) is 0 Å². The molecule has 1 aromatic heterocycles. The molecule has 0 fully saturated rings. The molecule has 1 aromatic rings. The molecule has 0 bridgehead atoms. The van der Waals surface area contributed by atoms with E-state index in [1.807, 2.05) is 17.3 Å². The third-order valence-electron chi connectivity index (χ3n) is 2.62. The molecule has 1 rings (SSSR count). The molecule has 0 aromatic carbocycles. The highest BCUT2D eigenvalue weighted by Gasteiger charge is 2.05. The van der Waals surface area contributed by atoms with Crippen LogP contribution in [-0.4, -0.2) is 23.5 Å². The van der Waals surface area contributed by atoms with Crippen LogP contribution < -0.4 is 5.32 Å². The van der Waals surface area contributed by atoms with Gasteiger partial charge in [0.25, 0.3) is 0 Å². The van der Waals surface area contributed by atoms with Gasteiger partial charge >= 0.3 is 0 Å². The Kier molecular flexibility index (Phi) is 7.89. The van der Waals surface area contributed by atoms with Crippen molar-refractivity contribution in [2.75, 3.05) is 18.6 Å². The average molecular weight is 258 g/mol. The van der Waals surface area contributed by atoms with Crippen molar-refractivity contribution in [1.29, 1.82) is 0 Å². The third-order valence-corrected chi connectivity index (χ3v) is 3.92. The number of thiazole rings is 1. The predicted octanol–water partition coefficient (Wildman–Crippen LogP) is 3.72. The van der Waals surface area contributed by atoms with Crippen LogP contribution in [0.1, 0.15) is 44.3 Å². The van der Waals surface area contributed by atoms with Gasteiger partial charge in [-0.3, -0.25) is 0 Å². The topological polar surface area (TPSA) is 24.9 Å². The molecule has 0 saturated heterocycles. The van der Waals surface area contributed by atoms with Gasteiger partial charge < -0.3 is 5.32 Å². The van der Waals surface area contributed by atoms with E-state index >= 15 is 0 Å². The number of nitrogens with one attached hydrogen (secondary N) is 1. The zero-order valence-corrected chi connectivity index (χ0v) is 11.9. The van der Waals surface area contributed by atoms with Crippen LogP contribution in [0.4, 0.5) is 0 Å². The largest absolute Gasteiger partial charge is 0.309 e. The predicted molar refractivity (Wildman–Crippen MR) is 75.4 cm³/mol. The molecule has 16 heavy (non-hydrogen) atoms. The highest BCUT2D eigenvalue weighted by molar-refractivity contribution is 7.98. The molecule has 92 valence electrons. The molecule has 0 saturated carbocycles. The molecule has 0 aliphatic rings. The van der Waals surface area contributed by atoms with Gasteiger partial charge in [-0.25, -0.2) is 4.98 Å². The van der Waals surface area contributed by atoms with Gasteiger partial charge in [0.05, 0.1) is 11.2 Å². The van der Waals surface area contributed by atoms with Crippen molar-refractivity contribution in [3.05, 3.63) is 16.6 Å². The maximum absolute atomic E-state index is 4.31. The Morgan fingerprint density at radius 2 is 2.19 bits per heavy atom. The summed E-state index contributed by atoms with van der Waals surface area (Å²) in [6.45, 7) is 3.29. The fourth-order valence-electron chi connectivity index (χ4n) is 1.58. The zero-order valence-electron chi connectivity index (χ0n) is 10.2. The van der Waals surface area contributed by atoms with Crippen LogP contribution >= 0.6 is 23.1 Å². The SMILES string of the molecule is CSCCCCCCNC(C)c1cscn1. The average Bonchev–Trinajstić information content (AvgIpc) is 2.81. The van der Waals surface area contributed by atoms with E-state index in [0.717, 1.165) is 6.54 Å². The first-order valence-corrected chi connectivity index (χ1v) is 8.28. The van der Waals surface area contributed by atoms with Gasteiger partial charge in [0.15, 0.2) is 0 Å². The smallest absolute Gasteiger partial charge is 0.0795 e. The Balaban J connectivity index is 1.95. The van der Waals surface area contributed by atoms with Crippen LogP contribution in [0.2, 0.25) is 0 Å². The molecule has 1 unspecified atom stereocenters. The van der Waals surface area contributed by atoms with E-state index in [4.69, 9.17) is 0 Å². The second-order valence-electron chi connectivity index (χ2n) is 4.00. The molecule has 1 heterocycles. The minimum absolute atomic E-state index is 0.400. The second kappa shape index (κ2) is 9.02. The summed E-state index contributed by atoms with van der Waals surface area (Å²) in [6.07, 6.45) is 7.54. The van der Waals surface area contributed by atoms with Crippen LogP contribution in [-0.2, 0) is 0 Å². The minimum Gasteiger partial charge on any atom is -0.309 e. The summed E-state index contributed by atoms with van der Waals surface area (Å²) in [6, 6.07) is 0.400. The summed E-state index contributed by atoms with van der Waals surface area (Å²) in [5.41, 5.74) is 3.07. The summed E-state index contributed by atoms with van der Waals surface area (Å²) in [7, 11) is 0. The summed E-state index contributed by atoms with van der Waals surface area (Å²) in [5, 5.41) is 5.64. The quantitative estimate of drug-likeness (QED) is 0.683. The van der Waals surface area contributed by atoms with E-state index in [9.17, 15) is 0 Å².